The van der Waals surface area contributed by atoms with Crippen LogP contribution in [0, 0.1) is 5.82 Å². The Morgan fingerprint density at radius 1 is 1.03 bits per heavy atom. The highest BCUT2D eigenvalue weighted by atomic mass is 19.1. The summed E-state index contributed by atoms with van der Waals surface area (Å²) in [6.07, 6.45) is 1.37. The second kappa shape index (κ2) is 9.78. The number of nitrogens with zero attached hydrogens (tertiary/aromatic N) is 6. The third-order valence-corrected chi connectivity index (χ3v) is 7.01. The third-order valence-electron chi connectivity index (χ3n) is 7.01. The van der Waals surface area contributed by atoms with Gasteiger partial charge in [-0.1, -0.05) is 42.5 Å². The first-order chi connectivity index (χ1) is 18.1. The quantitative estimate of drug-likeness (QED) is 0.448. The Kier molecular flexibility index (Phi) is 6.17. The molecule has 10 heteroatoms. The third kappa shape index (κ3) is 4.48. The van der Waals surface area contributed by atoms with Crippen molar-refractivity contribution in [3.63, 3.8) is 0 Å². The second-order valence-electron chi connectivity index (χ2n) is 9.39. The summed E-state index contributed by atoms with van der Waals surface area (Å²) in [5.41, 5.74) is 8.74. The van der Waals surface area contributed by atoms with E-state index in [4.69, 9.17) is 20.4 Å². The molecule has 0 unspecified atom stereocenters. The van der Waals surface area contributed by atoms with Crippen LogP contribution in [0.3, 0.4) is 0 Å². The summed E-state index contributed by atoms with van der Waals surface area (Å²) in [4.78, 5) is 26.2. The number of nitrogen functional groups attached to an aromatic ring is 1. The van der Waals surface area contributed by atoms with Crippen LogP contribution >= 0.6 is 0 Å². The number of rotatable bonds is 5. The number of hydrogen-bond donors (Lipinski definition) is 1. The van der Waals surface area contributed by atoms with Crippen molar-refractivity contribution in [3.8, 4) is 11.3 Å². The molecular weight excluding hydrogens is 473 g/mol. The number of fused-ring (bicyclic) bond motifs is 1. The average Bonchev–Trinajstić information content (AvgIpc) is 3.58. The number of carbonyl (C=O) groups is 1. The van der Waals surface area contributed by atoms with Crippen molar-refractivity contribution >= 4 is 28.7 Å². The van der Waals surface area contributed by atoms with Crippen LogP contribution in [0.15, 0.2) is 54.6 Å². The molecule has 0 bridgehead atoms. The normalized spacial score (nSPS) is 18.0. The molecular formula is C27H28FN7O2. The lowest BCUT2D eigenvalue weighted by Gasteiger charge is -2.35. The lowest BCUT2D eigenvalue weighted by molar-refractivity contribution is -0.141. The van der Waals surface area contributed by atoms with Gasteiger partial charge in [-0.05, 0) is 30.5 Å². The number of halogens is 1. The average molecular weight is 502 g/mol. The van der Waals surface area contributed by atoms with Gasteiger partial charge in [0.15, 0.2) is 5.65 Å². The fraction of sp³-hybridized carbons (Fsp3) is 0.333. The van der Waals surface area contributed by atoms with Crippen LogP contribution in [-0.2, 0) is 16.1 Å². The molecule has 0 spiro atoms. The minimum Gasteiger partial charge on any atom is -0.383 e. The number of carbonyl (C=O) groups excluding carboxylic acids is 1. The summed E-state index contributed by atoms with van der Waals surface area (Å²) >= 11 is 0. The van der Waals surface area contributed by atoms with E-state index in [0.717, 1.165) is 18.4 Å². The summed E-state index contributed by atoms with van der Waals surface area (Å²) in [6, 6.07) is 16.4. The van der Waals surface area contributed by atoms with Crippen LogP contribution in [0.25, 0.3) is 22.3 Å². The molecule has 2 aromatic carbocycles. The van der Waals surface area contributed by atoms with Crippen molar-refractivity contribution in [1.82, 2.24) is 24.6 Å². The van der Waals surface area contributed by atoms with E-state index in [1.807, 2.05) is 40.1 Å². The molecule has 0 radical (unpaired) electrons. The summed E-state index contributed by atoms with van der Waals surface area (Å²) in [6.45, 7) is 3.30. The van der Waals surface area contributed by atoms with E-state index in [1.165, 1.54) is 6.07 Å². The number of anilines is 2. The molecule has 2 saturated heterocycles. The van der Waals surface area contributed by atoms with E-state index in [0.29, 0.717) is 73.4 Å². The van der Waals surface area contributed by atoms with Gasteiger partial charge in [-0.15, -0.1) is 5.10 Å². The smallest absolute Gasteiger partial charge is 0.251 e. The standard InChI is InChI=1S/C27H28FN7O2/c28-20-10-5-4-9-19(20)23-22-24(29)35(17-18-7-2-1-3-8-18)32-25(22)31-27(30-23)34-14-12-33(13-15-34)26(36)21-11-6-16-37-21/h1-5,7-10,21H,6,11-17,29H2/t21-/m1/s1. The summed E-state index contributed by atoms with van der Waals surface area (Å²) in [5.74, 6) is 0.485. The van der Waals surface area contributed by atoms with E-state index < -0.39 is 5.82 Å². The number of hydrogen-bond acceptors (Lipinski definition) is 7. The van der Waals surface area contributed by atoms with Gasteiger partial charge in [0.25, 0.3) is 5.91 Å². The lowest BCUT2D eigenvalue weighted by Crippen LogP contribution is -2.51. The van der Waals surface area contributed by atoms with Crippen LogP contribution in [-0.4, -0.2) is 69.4 Å². The van der Waals surface area contributed by atoms with Gasteiger partial charge in [0.2, 0.25) is 5.95 Å². The first kappa shape index (κ1) is 23.4. The molecule has 0 saturated carbocycles. The summed E-state index contributed by atoms with van der Waals surface area (Å²) in [7, 11) is 0. The molecule has 0 aliphatic carbocycles. The molecule has 9 nitrogen and oxygen atoms in total. The van der Waals surface area contributed by atoms with Gasteiger partial charge in [-0.2, -0.15) is 4.98 Å². The van der Waals surface area contributed by atoms with Crippen molar-refractivity contribution < 1.29 is 13.9 Å². The Bertz CT molecular complexity index is 1430. The largest absolute Gasteiger partial charge is 0.383 e. The monoisotopic (exact) mass is 501 g/mol. The van der Waals surface area contributed by atoms with E-state index in [9.17, 15) is 9.18 Å². The van der Waals surface area contributed by atoms with Crippen LogP contribution in [0.4, 0.5) is 16.2 Å². The minimum atomic E-state index is -0.393. The van der Waals surface area contributed by atoms with Crippen molar-refractivity contribution in [2.75, 3.05) is 43.4 Å². The molecule has 1 atom stereocenters. The number of piperazine rings is 1. The van der Waals surface area contributed by atoms with E-state index in [2.05, 4.69) is 5.10 Å². The number of aromatic nitrogens is 4. The zero-order valence-corrected chi connectivity index (χ0v) is 20.4. The maximum absolute atomic E-state index is 15.0. The Balaban J connectivity index is 1.35. The van der Waals surface area contributed by atoms with Crippen molar-refractivity contribution in [1.29, 1.82) is 0 Å². The van der Waals surface area contributed by atoms with Gasteiger partial charge in [-0.25, -0.2) is 14.1 Å². The van der Waals surface area contributed by atoms with Crippen LogP contribution in [0.5, 0.6) is 0 Å². The molecule has 1 amide bonds. The van der Waals surface area contributed by atoms with E-state index in [-0.39, 0.29) is 12.0 Å². The molecule has 2 N–H and O–H groups in total. The topological polar surface area (TPSA) is 102 Å². The summed E-state index contributed by atoms with van der Waals surface area (Å²) in [5, 5.41) is 5.21. The maximum Gasteiger partial charge on any atom is 0.251 e. The number of nitrogens with two attached hydrogens (primary N) is 1. The predicted molar refractivity (Wildman–Crippen MR) is 138 cm³/mol. The van der Waals surface area contributed by atoms with Crippen molar-refractivity contribution in [2.45, 2.75) is 25.5 Å². The summed E-state index contributed by atoms with van der Waals surface area (Å²) < 4.78 is 22.2. The SMILES string of the molecule is Nc1c2c(-c3ccccc3F)nc(N3CCN(C(=O)[C@H]4CCCO4)CC3)nc2nn1Cc1ccccc1. The minimum absolute atomic E-state index is 0.0491. The molecule has 4 aromatic rings. The maximum atomic E-state index is 15.0. The van der Waals surface area contributed by atoms with Gasteiger partial charge in [0.05, 0.1) is 17.6 Å². The Morgan fingerprint density at radius 3 is 2.51 bits per heavy atom. The van der Waals surface area contributed by atoms with E-state index >= 15 is 0 Å². The van der Waals surface area contributed by atoms with Gasteiger partial charge >= 0.3 is 0 Å². The molecule has 37 heavy (non-hydrogen) atoms. The molecule has 4 heterocycles. The number of benzene rings is 2. The highest BCUT2D eigenvalue weighted by molar-refractivity contribution is 5.99. The van der Waals surface area contributed by atoms with Crippen molar-refractivity contribution in [3.05, 3.63) is 66.0 Å². The van der Waals surface area contributed by atoms with Gasteiger partial charge in [0, 0.05) is 38.3 Å². The molecule has 190 valence electrons. The number of amides is 1. The Hall–Kier alpha value is -4.05. The van der Waals surface area contributed by atoms with Crippen molar-refractivity contribution in [2.24, 2.45) is 0 Å². The molecule has 2 aromatic heterocycles. The first-order valence-corrected chi connectivity index (χ1v) is 12.6. The van der Waals surface area contributed by atoms with Gasteiger partial charge in [0.1, 0.15) is 17.7 Å². The van der Waals surface area contributed by atoms with E-state index in [1.54, 1.807) is 22.9 Å². The number of ether oxygens (including phenoxy) is 1. The highest BCUT2D eigenvalue weighted by Crippen LogP contribution is 2.34. The highest BCUT2D eigenvalue weighted by Gasteiger charge is 2.31. The fourth-order valence-electron chi connectivity index (χ4n) is 5.01. The zero-order valence-electron chi connectivity index (χ0n) is 20.4. The van der Waals surface area contributed by atoms with Crippen LogP contribution < -0.4 is 10.6 Å². The molecule has 2 aliphatic rings. The van der Waals surface area contributed by atoms with Crippen LogP contribution in [0.1, 0.15) is 18.4 Å². The second-order valence-corrected chi connectivity index (χ2v) is 9.39. The Labute approximate surface area is 213 Å². The lowest BCUT2D eigenvalue weighted by atomic mass is 10.1. The van der Waals surface area contributed by atoms with Crippen LogP contribution in [0.2, 0.25) is 0 Å². The molecule has 6 rings (SSSR count). The Morgan fingerprint density at radius 2 is 1.78 bits per heavy atom. The van der Waals surface area contributed by atoms with Gasteiger partial charge in [-0.3, -0.25) is 4.79 Å². The fourth-order valence-corrected chi connectivity index (χ4v) is 5.01. The van der Waals surface area contributed by atoms with Gasteiger partial charge < -0.3 is 20.3 Å². The predicted octanol–water partition coefficient (Wildman–Crippen LogP) is 3.09. The first-order valence-electron chi connectivity index (χ1n) is 12.6. The zero-order chi connectivity index (χ0) is 25.4. The molecule has 2 fully saturated rings. The molecule has 2 aliphatic heterocycles.